The lowest BCUT2D eigenvalue weighted by Crippen LogP contribution is -2.36. The Morgan fingerprint density at radius 1 is 0.630 bits per heavy atom. The third-order valence-corrected chi connectivity index (χ3v) is 7.57. The fourth-order valence-electron chi connectivity index (χ4n) is 4.96. The van der Waals surface area contributed by atoms with Crippen LogP contribution in [0.2, 0.25) is 0 Å². The molecule has 11 heteroatoms. The number of carbonyl (C=O) groups excluding carboxylic acids is 4. The number of anilines is 1. The van der Waals surface area contributed by atoms with Gasteiger partial charge >= 0.3 is 17.9 Å². The van der Waals surface area contributed by atoms with Gasteiger partial charge in [-0.05, 0) is 31.0 Å². The summed E-state index contributed by atoms with van der Waals surface area (Å²) in [7, 11) is 0. The van der Waals surface area contributed by atoms with Crippen molar-refractivity contribution in [2.24, 2.45) is 0 Å². The highest BCUT2D eigenvalue weighted by Crippen LogP contribution is 2.21. The maximum absolute atomic E-state index is 13.2. The van der Waals surface area contributed by atoms with Crippen LogP contribution in [0.5, 0.6) is 0 Å². The van der Waals surface area contributed by atoms with Gasteiger partial charge in [-0.2, -0.15) is 0 Å². The summed E-state index contributed by atoms with van der Waals surface area (Å²) in [4.78, 5) is 62.6. The number of ether oxygens (including phenoxy) is 2. The Kier molecular flexibility index (Phi) is 22.4. The van der Waals surface area contributed by atoms with Gasteiger partial charge in [-0.1, -0.05) is 104 Å². The number of hydrogen-bond donors (Lipinski definition) is 3. The molecule has 0 fully saturated rings. The maximum atomic E-state index is 13.2. The van der Waals surface area contributed by atoms with Gasteiger partial charge in [-0.3, -0.25) is 24.0 Å². The number of aliphatic carboxylic acids is 1. The fraction of sp³-hybridized carbons (Fsp3) is 0.686. The molecule has 0 saturated carbocycles. The van der Waals surface area contributed by atoms with Crippen molar-refractivity contribution in [3.05, 3.63) is 29.3 Å². The Balaban J connectivity index is 2.95. The van der Waals surface area contributed by atoms with Gasteiger partial charge < -0.3 is 30.1 Å². The van der Waals surface area contributed by atoms with Gasteiger partial charge in [0.15, 0.2) is 0 Å². The summed E-state index contributed by atoms with van der Waals surface area (Å²) < 4.78 is 9.52. The van der Waals surface area contributed by atoms with Crippen LogP contribution in [-0.2, 0) is 23.9 Å². The van der Waals surface area contributed by atoms with Crippen molar-refractivity contribution < 1.29 is 38.6 Å². The summed E-state index contributed by atoms with van der Waals surface area (Å²) >= 11 is 0. The Hall–Kier alpha value is -3.63. The quantitative estimate of drug-likeness (QED) is 0.0561. The minimum atomic E-state index is -1.22. The van der Waals surface area contributed by atoms with Crippen molar-refractivity contribution in [1.82, 2.24) is 10.6 Å². The second-order valence-corrected chi connectivity index (χ2v) is 11.8. The summed E-state index contributed by atoms with van der Waals surface area (Å²) in [6, 6.07) is 4.40. The normalized spacial score (nSPS) is 10.7. The van der Waals surface area contributed by atoms with Crippen LogP contribution in [0.15, 0.2) is 18.2 Å². The molecule has 0 aliphatic rings. The van der Waals surface area contributed by atoms with E-state index >= 15 is 0 Å². The van der Waals surface area contributed by atoms with Gasteiger partial charge in [-0.15, -0.1) is 0 Å². The van der Waals surface area contributed by atoms with Crippen LogP contribution < -0.4 is 15.5 Å². The van der Waals surface area contributed by atoms with Gasteiger partial charge in [0.2, 0.25) is 6.79 Å². The van der Waals surface area contributed by atoms with Crippen molar-refractivity contribution in [1.29, 1.82) is 0 Å². The number of carboxylic acids is 1. The third-order valence-electron chi connectivity index (χ3n) is 7.57. The van der Waals surface area contributed by atoms with Crippen molar-refractivity contribution in [3.63, 3.8) is 0 Å². The predicted molar refractivity (Wildman–Crippen MR) is 179 cm³/mol. The van der Waals surface area contributed by atoms with Crippen molar-refractivity contribution in [3.8, 4) is 0 Å². The molecule has 0 aromatic heterocycles. The lowest BCUT2D eigenvalue weighted by atomic mass is 10.1. The van der Waals surface area contributed by atoms with Crippen LogP contribution >= 0.6 is 0 Å². The molecule has 0 aliphatic heterocycles. The summed E-state index contributed by atoms with van der Waals surface area (Å²) in [5, 5.41) is 15.3. The smallest absolute Gasteiger partial charge is 0.328 e. The first-order valence-electron chi connectivity index (χ1n) is 17.1. The first-order chi connectivity index (χ1) is 22.2. The Labute approximate surface area is 275 Å². The van der Waals surface area contributed by atoms with E-state index in [9.17, 15) is 29.1 Å². The van der Waals surface area contributed by atoms with Gasteiger partial charge in [0, 0.05) is 36.8 Å². The summed E-state index contributed by atoms with van der Waals surface area (Å²) in [6.07, 6.45) is 18.1. The highest BCUT2D eigenvalue weighted by molar-refractivity contribution is 6.01. The number of nitrogens with zero attached hydrogens (tertiary/aromatic N) is 1. The highest BCUT2D eigenvalue weighted by Gasteiger charge is 2.21. The summed E-state index contributed by atoms with van der Waals surface area (Å²) in [6.45, 7) is 4.79. The number of amides is 2. The molecule has 0 saturated heterocycles. The molecule has 0 atom stereocenters. The van der Waals surface area contributed by atoms with Gasteiger partial charge in [0.1, 0.15) is 13.1 Å². The van der Waals surface area contributed by atoms with E-state index in [1.807, 2.05) is 0 Å². The van der Waals surface area contributed by atoms with Crippen molar-refractivity contribution >= 4 is 35.4 Å². The van der Waals surface area contributed by atoms with E-state index in [1.165, 1.54) is 87.3 Å². The number of carboxylic acid groups (broad SMARTS) is 1. The van der Waals surface area contributed by atoms with E-state index in [2.05, 4.69) is 29.2 Å². The number of esters is 2. The van der Waals surface area contributed by atoms with E-state index in [-0.39, 0.29) is 16.8 Å². The molecule has 1 aromatic rings. The monoisotopic (exact) mass is 647 g/mol. The lowest BCUT2D eigenvalue weighted by Gasteiger charge is -2.23. The Bertz CT molecular complexity index is 1010. The standard InChI is InChI=1S/C35H57N3O8/c1-4-6-8-10-12-14-16-18-20-36-34(43)29-22-30(35(44)37-21-19-17-15-13-11-9-7-5-2)24-31(23-29)38(25-32(40)41)26-33(42)46-27-45-28(3)39/h22-24H,4-21,25-27H2,1-3H3,(H,36,43)(H,37,44)(H,40,41). The highest BCUT2D eigenvalue weighted by atomic mass is 16.7. The second kappa shape index (κ2) is 25.5. The van der Waals surface area contributed by atoms with E-state index < -0.39 is 49.6 Å². The zero-order chi connectivity index (χ0) is 34.0. The third kappa shape index (κ3) is 19.7. The topological polar surface area (TPSA) is 151 Å². The zero-order valence-corrected chi connectivity index (χ0v) is 28.3. The van der Waals surface area contributed by atoms with Crippen LogP contribution in [-0.4, -0.2) is 67.8 Å². The minimum absolute atomic E-state index is 0.179. The molecule has 0 aliphatic carbocycles. The van der Waals surface area contributed by atoms with Crippen molar-refractivity contribution in [2.45, 2.75) is 124 Å². The molecule has 11 nitrogen and oxygen atoms in total. The summed E-state index contributed by atoms with van der Waals surface area (Å²) in [5.41, 5.74) is 0.555. The second-order valence-electron chi connectivity index (χ2n) is 11.8. The van der Waals surface area contributed by atoms with Crippen LogP contribution in [0.3, 0.4) is 0 Å². The molecular formula is C35H57N3O8. The molecule has 2 amide bonds. The summed E-state index contributed by atoms with van der Waals surface area (Å²) in [5.74, 6) is -3.49. The number of carbonyl (C=O) groups is 5. The molecule has 0 unspecified atom stereocenters. The molecule has 0 radical (unpaired) electrons. The molecule has 1 aromatic carbocycles. The average molecular weight is 648 g/mol. The van der Waals surface area contributed by atoms with Crippen molar-refractivity contribution in [2.75, 3.05) is 37.9 Å². The van der Waals surface area contributed by atoms with Crippen LogP contribution in [0.4, 0.5) is 5.69 Å². The van der Waals surface area contributed by atoms with E-state index in [0.29, 0.717) is 13.1 Å². The molecule has 260 valence electrons. The minimum Gasteiger partial charge on any atom is -0.480 e. The SMILES string of the molecule is CCCCCCCCCCNC(=O)c1cc(C(=O)NCCCCCCCCCC)cc(N(CC(=O)O)CC(=O)OCOC(C)=O)c1. The largest absolute Gasteiger partial charge is 0.480 e. The lowest BCUT2D eigenvalue weighted by molar-refractivity contribution is -0.164. The van der Waals surface area contributed by atoms with Crippen LogP contribution in [0.1, 0.15) is 144 Å². The molecule has 0 bridgehead atoms. The van der Waals surface area contributed by atoms with Crippen LogP contribution in [0, 0.1) is 0 Å². The first kappa shape index (κ1) is 40.4. The Morgan fingerprint density at radius 3 is 1.48 bits per heavy atom. The van der Waals surface area contributed by atoms with E-state index in [1.54, 1.807) is 0 Å². The molecule has 0 spiro atoms. The number of hydrogen-bond acceptors (Lipinski definition) is 8. The average Bonchev–Trinajstić information content (AvgIpc) is 3.02. The molecule has 0 heterocycles. The zero-order valence-electron chi connectivity index (χ0n) is 28.3. The van der Waals surface area contributed by atoms with E-state index in [4.69, 9.17) is 4.74 Å². The van der Waals surface area contributed by atoms with Crippen LogP contribution in [0.25, 0.3) is 0 Å². The molecule has 3 N–H and O–H groups in total. The van der Waals surface area contributed by atoms with Gasteiger partial charge in [0.25, 0.3) is 11.8 Å². The van der Waals surface area contributed by atoms with E-state index in [0.717, 1.165) is 45.4 Å². The first-order valence-corrected chi connectivity index (χ1v) is 17.1. The van der Waals surface area contributed by atoms with Gasteiger partial charge in [-0.25, -0.2) is 0 Å². The predicted octanol–water partition coefficient (Wildman–Crippen LogP) is 6.38. The number of unbranched alkanes of at least 4 members (excludes halogenated alkanes) is 14. The number of nitrogens with one attached hydrogen (secondary N) is 2. The number of benzene rings is 1. The molecular weight excluding hydrogens is 590 g/mol. The Morgan fingerprint density at radius 2 is 1.07 bits per heavy atom. The molecule has 1 rings (SSSR count). The maximum Gasteiger partial charge on any atom is 0.328 e. The van der Waals surface area contributed by atoms with Gasteiger partial charge in [0.05, 0.1) is 0 Å². The molecule has 46 heavy (non-hydrogen) atoms. The fourth-order valence-corrected chi connectivity index (χ4v) is 4.96. The number of rotatable bonds is 27.